The molecule has 0 unspecified atom stereocenters. The van der Waals surface area contributed by atoms with Crippen molar-refractivity contribution in [2.75, 3.05) is 6.26 Å². The van der Waals surface area contributed by atoms with Crippen molar-refractivity contribution in [1.29, 1.82) is 5.41 Å². The number of thioether (sulfide) groups is 1. The van der Waals surface area contributed by atoms with Gasteiger partial charge in [-0.2, -0.15) is 0 Å². The lowest BCUT2D eigenvalue weighted by molar-refractivity contribution is -0.200. The van der Waals surface area contributed by atoms with E-state index in [0.29, 0.717) is 6.42 Å². The molecule has 0 saturated carbocycles. The predicted octanol–water partition coefficient (Wildman–Crippen LogP) is 3.47. The lowest BCUT2D eigenvalue weighted by atomic mass is 9.91. The fraction of sp³-hybridized carbons (Fsp3) is 0.500. The Labute approximate surface area is 200 Å². The van der Waals surface area contributed by atoms with Crippen LogP contribution >= 0.6 is 11.8 Å². The number of benzene rings is 2. The Hall–Kier alpha value is -1.90. The number of unbranched alkanes of at least 4 members (excludes halogenated alkanes) is 2. The molecule has 0 aliphatic carbocycles. The van der Waals surface area contributed by atoms with Crippen LogP contribution in [0.3, 0.4) is 0 Å². The van der Waals surface area contributed by atoms with Gasteiger partial charge < -0.3 is 25.8 Å². The third-order valence-corrected chi connectivity index (χ3v) is 7.19. The topological polar surface area (TPSA) is 120 Å². The molecule has 0 bridgehead atoms. The molecule has 6 nitrogen and oxygen atoms in total. The zero-order valence-corrected chi connectivity index (χ0v) is 20.2. The van der Waals surface area contributed by atoms with Crippen molar-refractivity contribution in [2.45, 2.75) is 75.3 Å². The molecule has 2 aromatic rings. The molecule has 5 atom stereocenters. The van der Waals surface area contributed by atoms with Gasteiger partial charge in [0.05, 0.1) is 5.84 Å². The summed E-state index contributed by atoms with van der Waals surface area (Å²) < 4.78 is 5.93. The van der Waals surface area contributed by atoms with Crippen molar-refractivity contribution in [1.82, 2.24) is 0 Å². The number of nitrogens with one attached hydrogen (secondary N) is 1. The lowest BCUT2D eigenvalue weighted by Crippen LogP contribution is -2.52. The molecule has 33 heavy (non-hydrogen) atoms. The largest absolute Gasteiger partial charge is 0.388 e. The van der Waals surface area contributed by atoms with E-state index in [9.17, 15) is 15.3 Å². The van der Waals surface area contributed by atoms with E-state index in [1.165, 1.54) is 22.9 Å². The summed E-state index contributed by atoms with van der Waals surface area (Å²) in [5, 5.41) is 38.2. The number of amidine groups is 1. The normalized spacial score (nSPS) is 25.2. The second kappa shape index (κ2) is 12.0. The van der Waals surface area contributed by atoms with Crippen molar-refractivity contribution in [3.8, 4) is 0 Å². The first-order valence-corrected chi connectivity index (χ1v) is 12.8. The van der Waals surface area contributed by atoms with Gasteiger partial charge in [0.2, 0.25) is 0 Å². The van der Waals surface area contributed by atoms with Gasteiger partial charge in [0, 0.05) is 6.42 Å². The molecule has 1 heterocycles. The molecule has 1 saturated heterocycles. The minimum absolute atomic E-state index is 0.265. The van der Waals surface area contributed by atoms with Crippen molar-refractivity contribution < 1.29 is 20.1 Å². The smallest absolute Gasteiger partial charge is 0.132 e. The van der Waals surface area contributed by atoms with Gasteiger partial charge in [-0.3, -0.25) is 5.41 Å². The molecular weight excluding hydrogens is 436 g/mol. The molecule has 0 radical (unpaired) electrons. The zero-order chi connectivity index (χ0) is 24.0. The van der Waals surface area contributed by atoms with Crippen molar-refractivity contribution in [2.24, 2.45) is 5.73 Å². The monoisotopic (exact) mass is 472 g/mol. The molecule has 0 amide bonds. The molecular formula is C26H36N2O4S. The van der Waals surface area contributed by atoms with Crippen LogP contribution in [0.4, 0.5) is 0 Å². The van der Waals surface area contributed by atoms with E-state index in [1.54, 1.807) is 0 Å². The van der Waals surface area contributed by atoms with Gasteiger partial charge in [-0.25, -0.2) is 0 Å². The first-order chi connectivity index (χ1) is 15.8. The van der Waals surface area contributed by atoms with Crippen LogP contribution in [0.5, 0.6) is 0 Å². The number of hydrogen-bond donors (Lipinski definition) is 5. The predicted molar refractivity (Wildman–Crippen MR) is 134 cm³/mol. The SMILES string of the molecule is CS[C@H]1O[C@@H](c2ccc(C)c(Cc3ccc(CCCCCC(=N)N)cc3)c2)[C@H](O)[C@@H](O)[C@@H]1O. The van der Waals surface area contributed by atoms with Gasteiger partial charge in [-0.05, 0) is 66.7 Å². The molecule has 3 rings (SSSR count). The van der Waals surface area contributed by atoms with Crippen LogP contribution < -0.4 is 5.73 Å². The van der Waals surface area contributed by atoms with E-state index in [-0.39, 0.29) is 5.84 Å². The Bertz CT molecular complexity index is 919. The molecule has 1 fully saturated rings. The van der Waals surface area contributed by atoms with Gasteiger partial charge in [0.15, 0.2) is 0 Å². The third kappa shape index (κ3) is 6.80. The number of nitrogens with two attached hydrogens (primary N) is 1. The molecule has 6 N–H and O–H groups in total. The minimum Gasteiger partial charge on any atom is -0.388 e. The number of aryl methyl sites for hydroxylation is 2. The quantitative estimate of drug-likeness (QED) is 0.205. The van der Waals surface area contributed by atoms with Gasteiger partial charge >= 0.3 is 0 Å². The number of aliphatic hydroxyl groups excluding tert-OH is 3. The maximum atomic E-state index is 10.5. The fourth-order valence-corrected chi connectivity index (χ4v) is 4.91. The van der Waals surface area contributed by atoms with Crippen LogP contribution in [0.15, 0.2) is 42.5 Å². The molecule has 0 aromatic heterocycles. The highest BCUT2D eigenvalue weighted by Gasteiger charge is 2.44. The minimum atomic E-state index is -1.25. The number of aliphatic hydroxyl groups is 3. The average Bonchev–Trinajstić information content (AvgIpc) is 2.80. The van der Waals surface area contributed by atoms with Gasteiger partial charge in [0.1, 0.15) is 29.9 Å². The molecule has 1 aliphatic rings. The third-order valence-electron chi connectivity index (χ3n) is 6.33. The Balaban J connectivity index is 1.65. The summed E-state index contributed by atoms with van der Waals surface area (Å²) in [4.78, 5) is 0. The summed E-state index contributed by atoms with van der Waals surface area (Å²) in [7, 11) is 0. The van der Waals surface area contributed by atoms with E-state index >= 15 is 0 Å². The molecule has 2 aromatic carbocycles. The Morgan fingerprint density at radius 1 is 0.970 bits per heavy atom. The Morgan fingerprint density at radius 2 is 1.67 bits per heavy atom. The highest BCUT2D eigenvalue weighted by Crippen LogP contribution is 2.36. The first kappa shape index (κ1) is 25.7. The van der Waals surface area contributed by atoms with Crippen LogP contribution in [-0.2, 0) is 17.6 Å². The second-order valence-electron chi connectivity index (χ2n) is 8.90. The van der Waals surface area contributed by atoms with E-state index in [1.807, 2.05) is 24.5 Å². The van der Waals surface area contributed by atoms with Gasteiger partial charge in [0.25, 0.3) is 0 Å². The highest BCUT2D eigenvalue weighted by atomic mass is 32.2. The first-order valence-electron chi connectivity index (χ1n) is 11.5. The van der Waals surface area contributed by atoms with Crippen LogP contribution in [0, 0.1) is 12.3 Å². The molecule has 1 aliphatic heterocycles. The Morgan fingerprint density at radius 3 is 2.33 bits per heavy atom. The van der Waals surface area contributed by atoms with E-state index in [4.69, 9.17) is 15.9 Å². The fourth-order valence-electron chi connectivity index (χ4n) is 4.24. The van der Waals surface area contributed by atoms with Crippen LogP contribution in [0.2, 0.25) is 0 Å². The maximum Gasteiger partial charge on any atom is 0.132 e. The number of hydrogen-bond acceptors (Lipinski definition) is 6. The molecule has 0 spiro atoms. The average molecular weight is 473 g/mol. The summed E-state index contributed by atoms with van der Waals surface area (Å²) in [6, 6.07) is 14.6. The summed E-state index contributed by atoms with van der Waals surface area (Å²) in [5.74, 6) is 0.265. The number of rotatable bonds is 10. The number of ether oxygens (including phenoxy) is 1. The van der Waals surface area contributed by atoms with E-state index in [2.05, 4.69) is 31.2 Å². The molecule has 7 heteroatoms. The summed E-state index contributed by atoms with van der Waals surface area (Å²) in [5.41, 5.74) is 10.4. The Kier molecular flexibility index (Phi) is 9.35. The zero-order valence-electron chi connectivity index (χ0n) is 19.4. The van der Waals surface area contributed by atoms with Gasteiger partial charge in [-0.1, -0.05) is 48.9 Å². The van der Waals surface area contributed by atoms with Crippen LogP contribution in [0.25, 0.3) is 0 Å². The van der Waals surface area contributed by atoms with Gasteiger partial charge in [-0.15, -0.1) is 11.8 Å². The molecule has 180 valence electrons. The van der Waals surface area contributed by atoms with Crippen LogP contribution in [-0.4, -0.2) is 51.2 Å². The van der Waals surface area contributed by atoms with E-state index in [0.717, 1.165) is 48.8 Å². The summed E-state index contributed by atoms with van der Waals surface area (Å²) in [6.45, 7) is 2.07. The van der Waals surface area contributed by atoms with Crippen molar-refractivity contribution in [3.05, 3.63) is 70.3 Å². The van der Waals surface area contributed by atoms with E-state index < -0.39 is 29.9 Å². The van der Waals surface area contributed by atoms with Crippen LogP contribution in [0.1, 0.15) is 59.6 Å². The lowest BCUT2D eigenvalue weighted by Gasteiger charge is -2.40. The van der Waals surface area contributed by atoms with Crippen molar-refractivity contribution in [3.63, 3.8) is 0 Å². The maximum absolute atomic E-state index is 10.5. The summed E-state index contributed by atoms with van der Waals surface area (Å²) in [6.07, 6.45) is 3.16. The standard InChI is InChI=1S/C26H36N2O4S/c1-16-8-13-19(25-23(30)22(29)24(31)26(32-25)33-2)15-20(16)14-18-11-9-17(10-12-18)6-4-3-5-7-21(27)28/h8-13,15,22-26,29-31H,3-7,14H2,1-2H3,(H3,27,28)/t22-,23-,24+,25+,26-/m1/s1. The van der Waals surface area contributed by atoms with Crippen molar-refractivity contribution >= 4 is 17.6 Å². The second-order valence-corrected chi connectivity index (χ2v) is 9.83. The highest BCUT2D eigenvalue weighted by molar-refractivity contribution is 7.99. The summed E-state index contributed by atoms with van der Waals surface area (Å²) >= 11 is 1.32.